The van der Waals surface area contributed by atoms with E-state index in [4.69, 9.17) is 11.6 Å². The second kappa shape index (κ2) is 9.06. The summed E-state index contributed by atoms with van der Waals surface area (Å²) in [6, 6.07) is 4.49. The van der Waals surface area contributed by atoms with Crippen LogP contribution >= 0.6 is 11.6 Å². The fraction of sp³-hybridized carbons (Fsp3) is 0.611. The van der Waals surface area contributed by atoms with E-state index in [-0.39, 0.29) is 10.9 Å². The van der Waals surface area contributed by atoms with Gasteiger partial charge in [-0.1, -0.05) is 25.4 Å². The first kappa shape index (κ1) is 21.0. The van der Waals surface area contributed by atoms with Crippen molar-refractivity contribution in [2.24, 2.45) is 11.8 Å². The van der Waals surface area contributed by atoms with E-state index < -0.39 is 10.0 Å². The number of halogens is 1. The molecule has 1 amide bonds. The van der Waals surface area contributed by atoms with Crippen LogP contribution < -0.4 is 10.0 Å². The van der Waals surface area contributed by atoms with Gasteiger partial charge in [0.2, 0.25) is 10.0 Å². The van der Waals surface area contributed by atoms with Crippen LogP contribution in [0.5, 0.6) is 0 Å². The first-order chi connectivity index (χ1) is 12.1. The van der Waals surface area contributed by atoms with Gasteiger partial charge in [0.25, 0.3) is 5.91 Å². The number of sulfonamides is 1. The molecule has 8 heteroatoms. The maximum absolute atomic E-state index is 12.3. The van der Waals surface area contributed by atoms with Crippen molar-refractivity contribution in [2.45, 2.75) is 26.7 Å². The molecule has 1 fully saturated rings. The summed E-state index contributed by atoms with van der Waals surface area (Å²) in [5, 5.41) is 3.10. The quantitative estimate of drug-likeness (QED) is 0.688. The highest BCUT2D eigenvalue weighted by atomic mass is 35.5. The van der Waals surface area contributed by atoms with Crippen molar-refractivity contribution >= 4 is 33.2 Å². The Morgan fingerprint density at radius 3 is 2.50 bits per heavy atom. The number of nitrogens with one attached hydrogen (secondary N) is 2. The lowest BCUT2D eigenvalue weighted by atomic mass is 9.92. The van der Waals surface area contributed by atoms with E-state index in [1.807, 2.05) is 0 Å². The first-order valence-corrected chi connectivity index (χ1v) is 11.2. The highest BCUT2D eigenvalue weighted by molar-refractivity contribution is 7.92. The maximum Gasteiger partial charge on any atom is 0.252 e. The van der Waals surface area contributed by atoms with E-state index in [1.165, 1.54) is 24.6 Å². The van der Waals surface area contributed by atoms with Gasteiger partial charge in [-0.25, -0.2) is 8.42 Å². The number of hydrogen-bond acceptors (Lipinski definition) is 4. The normalized spacial score (nSPS) is 21.4. The average Bonchev–Trinajstić information content (AvgIpc) is 2.49. The Labute approximate surface area is 161 Å². The molecule has 1 aliphatic rings. The zero-order valence-corrected chi connectivity index (χ0v) is 17.2. The molecule has 0 unspecified atom stereocenters. The second-order valence-corrected chi connectivity index (χ2v) is 9.54. The van der Waals surface area contributed by atoms with Gasteiger partial charge in [-0.15, -0.1) is 0 Å². The molecule has 26 heavy (non-hydrogen) atoms. The lowest BCUT2D eigenvalue weighted by molar-refractivity contribution is 0.0947. The third-order valence-corrected chi connectivity index (χ3v) is 5.32. The summed E-state index contributed by atoms with van der Waals surface area (Å²) in [6.07, 6.45) is 3.23. The van der Waals surface area contributed by atoms with Crippen LogP contribution in [0.1, 0.15) is 37.0 Å². The van der Waals surface area contributed by atoms with Gasteiger partial charge >= 0.3 is 0 Å². The molecular formula is C18H28ClN3O3S. The predicted octanol–water partition coefficient (Wildman–Crippen LogP) is 2.81. The van der Waals surface area contributed by atoms with Crippen molar-refractivity contribution < 1.29 is 13.2 Å². The predicted molar refractivity (Wildman–Crippen MR) is 106 cm³/mol. The Hall–Kier alpha value is -1.31. The van der Waals surface area contributed by atoms with Crippen molar-refractivity contribution in [3.63, 3.8) is 0 Å². The average molecular weight is 402 g/mol. The number of piperidine rings is 1. The summed E-state index contributed by atoms with van der Waals surface area (Å²) in [4.78, 5) is 14.7. The summed E-state index contributed by atoms with van der Waals surface area (Å²) in [6.45, 7) is 8.37. The van der Waals surface area contributed by atoms with Gasteiger partial charge < -0.3 is 10.2 Å². The zero-order valence-electron chi connectivity index (χ0n) is 15.6. The topological polar surface area (TPSA) is 78.5 Å². The molecule has 146 valence electrons. The van der Waals surface area contributed by atoms with Crippen molar-refractivity contribution in [3.8, 4) is 0 Å². The molecule has 2 atom stereocenters. The van der Waals surface area contributed by atoms with Crippen LogP contribution in [-0.2, 0) is 10.0 Å². The molecule has 0 aromatic heterocycles. The number of rotatable bonds is 7. The molecule has 1 saturated heterocycles. The van der Waals surface area contributed by atoms with Gasteiger partial charge in [0.05, 0.1) is 16.8 Å². The number of carbonyl (C=O) groups is 1. The van der Waals surface area contributed by atoms with Gasteiger partial charge in [-0.3, -0.25) is 9.52 Å². The van der Waals surface area contributed by atoms with Crippen LogP contribution in [0.2, 0.25) is 5.02 Å². The van der Waals surface area contributed by atoms with Gasteiger partial charge in [0.1, 0.15) is 0 Å². The van der Waals surface area contributed by atoms with E-state index in [2.05, 4.69) is 28.8 Å². The highest BCUT2D eigenvalue weighted by Gasteiger charge is 2.21. The van der Waals surface area contributed by atoms with Gasteiger partial charge in [0.15, 0.2) is 0 Å². The van der Waals surface area contributed by atoms with Gasteiger partial charge in [-0.05, 0) is 49.4 Å². The summed E-state index contributed by atoms with van der Waals surface area (Å²) < 4.78 is 24.8. The van der Waals surface area contributed by atoms with Crippen molar-refractivity contribution in [2.75, 3.05) is 37.2 Å². The standard InChI is InChI=1S/C18H28ClN3O3S/c1-13-9-14(2)12-22(11-13)8-4-7-20-18(23)16-6-5-15(10-17(16)19)21-26(3,24)25/h5-6,10,13-14,21H,4,7-9,11-12H2,1-3H3,(H,20,23)/t13-,14+. The number of benzene rings is 1. The van der Waals surface area contributed by atoms with Crippen molar-refractivity contribution in [3.05, 3.63) is 28.8 Å². The Kier molecular flexibility index (Phi) is 7.32. The number of amides is 1. The molecule has 0 bridgehead atoms. The van der Waals surface area contributed by atoms with Gasteiger partial charge in [-0.2, -0.15) is 0 Å². The molecule has 6 nitrogen and oxygen atoms in total. The van der Waals surface area contributed by atoms with Crippen LogP contribution in [0.3, 0.4) is 0 Å². The minimum atomic E-state index is -3.38. The highest BCUT2D eigenvalue weighted by Crippen LogP contribution is 2.22. The van der Waals surface area contributed by atoms with E-state index in [0.717, 1.165) is 44.1 Å². The maximum atomic E-state index is 12.3. The smallest absolute Gasteiger partial charge is 0.252 e. The number of anilines is 1. The molecule has 0 spiro atoms. The van der Waals surface area contributed by atoms with Crippen molar-refractivity contribution in [1.82, 2.24) is 10.2 Å². The Morgan fingerprint density at radius 1 is 1.27 bits per heavy atom. The minimum absolute atomic E-state index is 0.217. The van der Waals surface area contributed by atoms with Crippen LogP contribution in [-0.4, -0.2) is 51.7 Å². The molecule has 2 N–H and O–H groups in total. The summed E-state index contributed by atoms with van der Waals surface area (Å²) in [7, 11) is -3.38. The monoisotopic (exact) mass is 401 g/mol. The van der Waals surface area contributed by atoms with E-state index in [1.54, 1.807) is 0 Å². The number of carbonyl (C=O) groups excluding carboxylic acids is 1. The number of hydrogen-bond donors (Lipinski definition) is 2. The fourth-order valence-electron chi connectivity index (χ4n) is 3.55. The van der Waals surface area contributed by atoms with Crippen LogP contribution in [0.25, 0.3) is 0 Å². The summed E-state index contributed by atoms with van der Waals surface area (Å²) >= 11 is 6.12. The molecule has 1 aromatic rings. The zero-order chi connectivity index (χ0) is 19.3. The SMILES string of the molecule is C[C@@H]1C[C@H](C)CN(CCCNC(=O)c2ccc(NS(C)(=O)=O)cc2Cl)C1. The molecule has 2 rings (SSSR count). The first-order valence-electron chi connectivity index (χ1n) is 8.92. The van der Waals surface area contributed by atoms with E-state index in [9.17, 15) is 13.2 Å². The largest absolute Gasteiger partial charge is 0.352 e. The third-order valence-electron chi connectivity index (χ3n) is 4.40. The Morgan fingerprint density at radius 2 is 1.92 bits per heavy atom. The molecular weight excluding hydrogens is 374 g/mol. The third kappa shape index (κ3) is 6.78. The van der Waals surface area contributed by atoms with Gasteiger partial charge in [0, 0.05) is 25.3 Å². The summed E-state index contributed by atoms with van der Waals surface area (Å²) in [5.74, 6) is 1.21. The Bertz CT molecular complexity index is 729. The number of nitrogens with zero attached hydrogens (tertiary/aromatic N) is 1. The molecule has 0 saturated carbocycles. The van der Waals surface area contributed by atoms with Crippen molar-refractivity contribution in [1.29, 1.82) is 0 Å². The van der Waals surface area contributed by atoms with Crippen LogP contribution in [0, 0.1) is 11.8 Å². The molecule has 0 aliphatic carbocycles. The lowest BCUT2D eigenvalue weighted by Gasteiger charge is -2.34. The summed E-state index contributed by atoms with van der Waals surface area (Å²) in [5.41, 5.74) is 0.674. The molecule has 0 radical (unpaired) electrons. The number of likely N-dealkylation sites (tertiary alicyclic amines) is 1. The fourth-order valence-corrected chi connectivity index (χ4v) is 4.37. The van der Waals surface area contributed by atoms with Crippen LogP contribution in [0.15, 0.2) is 18.2 Å². The van der Waals surface area contributed by atoms with Crippen LogP contribution in [0.4, 0.5) is 5.69 Å². The lowest BCUT2D eigenvalue weighted by Crippen LogP contribution is -2.40. The molecule has 1 heterocycles. The minimum Gasteiger partial charge on any atom is -0.352 e. The van der Waals surface area contributed by atoms with E-state index >= 15 is 0 Å². The molecule has 1 aromatic carbocycles. The second-order valence-electron chi connectivity index (χ2n) is 7.38. The molecule has 1 aliphatic heterocycles. The van der Waals surface area contributed by atoms with E-state index in [0.29, 0.717) is 17.8 Å². The Balaban J connectivity index is 1.80.